The maximum absolute atomic E-state index is 13.4. The number of hydrogen-bond donors (Lipinski definition) is 1. The van der Waals surface area contributed by atoms with Crippen molar-refractivity contribution in [3.05, 3.63) is 59.3 Å². The van der Waals surface area contributed by atoms with Crippen LogP contribution >= 0.6 is 0 Å². The van der Waals surface area contributed by atoms with Crippen LogP contribution in [0.15, 0.2) is 42.6 Å². The number of Topliss-reactive ketones (excluding diaryl/α,β-unsaturated/α-hetero) is 1. The van der Waals surface area contributed by atoms with Gasteiger partial charge in [0.2, 0.25) is 0 Å². The highest BCUT2D eigenvalue weighted by Gasteiger charge is 2.46. The third kappa shape index (κ3) is 3.25. The number of ketones is 1. The maximum atomic E-state index is 13.4. The fourth-order valence-corrected chi connectivity index (χ4v) is 6.42. The standard InChI is InChI=1S/C29H31N5O2/c1-16-23-9-8-22(29(36)33-14-21-7-10-24(33)27(21)30)15-34(23)31-28(16)26-12-20-6-5-19(17(2)35)11-25(20)32(26)13-18-3-4-18/h5-6,8-9,11-12,15,18,21,24,27H,3-4,7,10,13-14,30H2,1-2H3/t21?,24?,27-/m1/s1. The van der Waals surface area contributed by atoms with Crippen molar-refractivity contribution in [3.8, 4) is 11.4 Å². The summed E-state index contributed by atoms with van der Waals surface area (Å²) < 4.78 is 4.19. The van der Waals surface area contributed by atoms with Crippen LogP contribution in [0.4, 0.5) is 0 Å². The highest BCUT2D eigenvalue weighted by atomic mass is 16.2. The number of fused-ring (bicyclic) bond motifs is 4. The smallest absolute Gasteiger partial charge is 0.255 e. The van der Waals surface area contributed by atoms with Gasteiger partial charge in [0.1, 0.15) is 5.69 Å². The van der Waals surface area contributed by atoms with Crippen LogP contribution in [-0.2, 0) is 6.54 Å². The molecular weight excluding hydrogens is 450 g/mol. The number of nitrogens with zero attached hydrogens (tertiary/aromatic N) is 4. The molecule has 3 atom stereocenters. The van der Waals surface area contributed by atoms with Gasteiger partial charge >= 0.3 is 0 Å². The maximum Gasteiger partial charge on any atom is 0.255 e. The number of aromatic nitrogens is 3. The molecule has 2 N–H and O–H groups in total. The number of carbonyl (C=O) groups excluding carboxylic acids is 2. The minimum absolute atomic E-state index is 0.0499. The van der Waals surface area contributed by atoms with Crippen LogP contribution in [0, 0.1) is 18.8 Å². The molecule has 7 nitrogen and oxygen atoms in total. The van der Waals surface area contributed by atoms with E-state index in [9.17, 15) is 9.59 Å². The van der Waals surface area contributed by atoms with Crippen molar-refractivity contribution in [3.63, 3.8) is 0 Å². The summed E-state index contributed by atoms with van der Waals surface area (Å²) in [6, 6.07) is 12.3. The molecule has 2 saturated carbocycles. The molecule has 1 aromatic carbocycles. The Kier molecular flexibility index (Phi) is 4.71. The summed E-state index contributed by atoms with van der Waals surface area (Å²) in [5.41, 5.74) is 12.9. The Morgan fingerprint density at radius 2 is 1.83 bits per heavy atom. The quantitative estimate of drug-likeness (QED) is 0.427. The molecule has 1 amide bonds. The molecule has 2 bridgehead atoms. The summed E-state index contributed by atoms with van der Waals surface area (Å²) in [4.78, 5) is 27.4. The van der Waals surface area contributed by atoms with Crippen LogP contribution < -0.4 is 5.73 Å². The van der Waals surface area contributed by atoms with Crippen LogP contribution in [0.25, 0.3) is 27.8 Å². The molecule has 2 aliphatic carbocycles. The Bertz CT molecular complexity index is 1560. The highest BCUT2D eigenvalue weighted by Crippen LogP contribution is 2.39. The van der Waals surface area contributed by atoms with E-state index in [1.807, 2.05) is 45.9 Å². The van der Waals surface area contributed by atoms with E-state index >= 15 is 0 Å². The van der Waals surface area contributed by atoms with Crippen LogP contribution in [0.2, 0.25) is 0 Å². The normalized spacial score (nSPS) is 23.3. The lowest BCUT2D eigenvalue weighted by Gasteiger charge is -2.27. The fourth-order valence-electron chi connectivity index (χ4n) is 6.42. The lowest BCUT2D eigenvalue weighted by Crippen LogP contribution is -2.41. The first-order valence-corrected chi connectivity index (χ1v) is 13.1. The van der Waals surface area contributed by atoms with Crippen molar-refractivity contribution in [1.29, 1.82) is 0 Å². The monoisotopic (exact) mass is 481 g/mol. The van der Waals surface area contributed by atoms with E-state index < -0.39 is 0 Å². The predicted octanol–water partition coefficient (Wildman–Crippen LogP) is 4.44. The molecule has 7 heteroatoms. The molecular formula is C29H31N5O2. The van der Waals surface area contributed by atoms with E-state index in [-0.39, 0.29) is 23.8 Å². The average Bonchev–Trinajstić information content (AvgIpc) is 3.29. The third-order valence-electron chi connectivity index (χ3n) is 8.73. The first kappa shape index (κ1) is 21.8. The largest absolute Gasteiger partial charge is 0.339 e. The van der Waals surface area contributed by atoms with Crippen LogP contribution in [0.5, 0.6) is 0 Å². The zero-order chi connectivity index (χ0) is 24.7. The van der Waals surface area contributed by atoms with Gasteiger partial charge in [-0.05, 0) is 75.6 Å². The topological polar surface area (TPSA) is 85.6 Å². The minimum Gasteiger partial charge on any atom is -0.339 e. The Morgan fingerprint density at radius 3 is 2.53 bits per heavy atom. The van der Waals surface area contributed by atoms with Crippen molar-refractivity contribution >= 4 is 28.1 Å². The molecule has 1 aliphatic heterocycles. The summed E-state index contributed by atoms with van der Waals surface area (Å²) in [6.07, 6.45) is 6.47. The number of carbonyl (C=O) groups is 2. The van der Waals surface area contributed by atoms with Gasteiger partial charge in [-0.25, -0.2) is 4.52 Å². The molecule has 4 aromatic rings. The minimum atomic E-state index is 0.0499. The molecule has 36 heavy (non-hydrogen) atoms. The summed E-state index contributed by atoms with van der Waals surface area (Å²) in [5.74, 6) is 1.22. The number of hydrogen-bond acceptors (Lipinski definition) is 4. The van der Waals surface area contributed by atoms with Crippen molar-refractivity contribution in [1.82, 2.24) is 19.1 Å². The van der Waals surface area contributed by atoms with Crippen molar-refractivity contribution in [2.45, 2.75) is 58.2 Å². The lowest BCUT2D eigenvalue weighted by atomic mass is 10.1. The number of pyridine rings is 1. The predicted molar refractivity (Wildman–Crippen MR) is 139 cm³/mol. The van der Waals surface area contributed by atoms with Crippen molar-refractivity contribution in [2.24, 2.45) is 17.6 Å². The number of nitrogens with two attached hydrogens (primary N) is 1. The molecule has 0 radical (unpaired) electrons. The van der Waals surface area contributed by atoms with Gasteiger partial charge in [0.05, 0.1) is 16.8 Å². The number of amides is 1. The van der Waals surface area contributed by atoms with Crippen LogP contribution in [-0.4, -0.2) is 49.4 Å². The van der Waals surface area contributed by atoms with Crippen LogP contribution in [0.1, 0.15) is 58.9 Å². The second-order valence-corrected chi connectivity index (χ2v) is 11.1. The third-order valence-corrected chi connectivity index (χ3v) is 8.73. The van der Waals surface area contributed by atoms with Gasteiger partial charge in [0.15, 0.2) is 5.78 Å². The lowest BCUT2D eigenvalue weighted by molar-refractivity contribution is 0.0700. The Morgan fingerprint density at radius 1 is 1.03 bits per heavy atom. The number of aryl methyl sites for hydroxylation is 1. The van der Waals surface area contributed by atoms with Gasteiger partial charge in [-0.2, -0.15) is 5.10 Å². The Labute approximate surface area is 209 Å². The van der Waals surface area contributed by atoms with E-state index in [1.54, 1.807) is 6.92 Å². The first-order valence-electron chi connectivity index (χ1n) is 13.1. The summed E-state index contributed by atoms with van der Waals surface area (Å²) >= 11 is 0. The SMILES string of the molecule is CC(=O)c1ccc2cc(-c3nn4cc(C(=O)N5CC6CCC5[C@@H]6N)ccc4c3C)n(CC3CC3)c2c1. The molecule has 7 rings (SSSR count). The second kappa shape index (κ2) is 7.77. The van der Waals surface area contributed by atoms with Gasteiger partial charge in [-0.3, -0.25) is 9.59 Å². The molecule has 184 valence electrons. The van der Waals surface area contributed by atoms with Gasteiger partial charge in [-0.1, -0.05) is 12.1 Å². The van der Waals surface area contributed by atoms with E-state index in [2.05, 4.69) is 17.6 Å². The molecule has 3 fully saturated rings. The van der Waals surface area contributed by atoms with E-state index in [4.69, 9.17) is 10.8 Å². The highest BCUT2D eigenvalue weighted by molar-refractivity contribution is 5.99. The summed E-state index contributed by atoms with van der Waals surface area (Å²) in [6.45, 7) is 5.39. The average molecular weight is 482 g/mol. The van der Waals surface area contributed by atoms with E-state index in [0.717, 1.165) is 64.9 Å². The first-order chi connectivity index (χ1) is 17.4. The zero-order valence-electron chi connectivity index (χ0n) is 20.8. The fraction of sp³-hybridized carbons (Fsp3) is 0.414. The molecule has 4 heterocycles. The van der Waals surface area contributed by atoms with Gasteiger partial charge in [0, 0.05) is 53.4 Å². The van der Waals surface area contributed by atoms with Crippen molar-refractivity contribution < 1.29 is 9.59 Å². The molecule has 3 aliphatic rings. The molecule has 3 aromatic heterocycles. The molecule has 0 spiro atoms. The van der Waals surface area contributed by atoms with Crippen LogP contribution in [0.3, 0.4) is 0 Å². The van der Waals surface area contributed by atoms with Gasteiger partial charge in [0.25, 0.3) is 5.91 Å². The van der Waals surface area contributed by atoms with Gasteiger partial charge < -0.3 is 15.2 Å². The second-order valence-electron chi connectivity index (χ2n) is 11.1. The summed E-state index contributed by atoms with van der Waals surface area (Å²) in [5, 5.41) is 6.10. The number of piperidine rings is 1. The van der Waals surface area contributed by atoms with Crippen molar-refractivity contribution in [2.75, 3.05) is 6.54 Å². The van der Waals surface area contributed by atoms with Gasteiger partial charge in [-0.15, -0.1) is 0 Å². The number of rotatable bonds is 5. The zero-order valence-corrected chi connectivity index (χ0v) is 20.8. The number of benzene rings is 1. The Hall–Kier alpha value is -3.45. The summed E-state index contributed by atoms with van der Waals surface area (Å²) in [7, 11) is 0. The number of likely N-dealkylation sites (tertiary alicyclic amines) is 1. The molecule has 1 saturated heterocycles. The molecule has 2 unspecified atom stereocenters. The van der Waals surface area contributed by atoms with E-state index in [0.29, 0.717) is 17.4 Å². The van der Waals surface area contributed by atoms with E-state index in [1.165, 1.54) is 12.8 Å². The Balaban J connectivity index is 1.31.